The summed E-state index contributed by atoms with van der Waals surface area (Å²) in [7, 11) is 2.08. The highest BCUT2D eigenvalue weighted by atomic mass is 35.5. The predicted molar refractivity (Wildman–Crippen MR) is 110 cm³/mol. The summed E-state index contributed by atoms with van der Waals surface area (Å²) in [6, 6.07) is 18.0. The molecule has 1 aliphatic heterocycles. The normalized spacial score (nSPS) is 19.7. The van der Waals surface area contributed by atoms with Gasteiger partial charge in [-0.2, -0.15) is 0 Å². The Labute approximate surface area is 163 Å². The lowest BCUT2D eigenvalue weighted by molar-refractivity contribution is 0.539. The van der Waals surface area contributed by atoms with Crippen molar-refractivity contribution in [1.29, 1.82) is 0 Å². The summed E-state index contributed by atoms with van der Waals surface area (Å²) in [5.74, 6) is 0. The van der Waals surface area contributed by atoms with Crippen molar-refractivity contribution in [2.45, 2.75) is 19.0 Å². The molecule has 0 radical (unpaired) electrons. The number of rotatable bonds is 3. The van der Waals surface area contributed by atoms with Gasteiger partial charge in [0.25, 0.3) is 0 Å². The summed E-state index contributed by atoms with van der Waals surface area (Å²) in [5, 5.41) is 4.86. The van der Waals surface area contributed by atoms with Crippen molar-refractivity contribution in [1.82, 2.24) is 14.9 Å². The third kappa shape index (κ3) is 2.87. The SMILES string of the molecule is Cc1ccc([C@@H]2[C@@H](c3ccccn3)NC(=S)N2c2ccc(Cl)cc2)n1C. The zero-order chi connectivity index (χ0) is 18.3. The van der Waals surface area contributed by atoms with Crippen molar-refractivity contribution in [2.24, 2.45) is 7.05 Å². The van der Waals surface area contributed by atoms with Crippen LogP contribution < -0.4 is 10.2 Å². The van der Waals surface area contributed by atoms with E-state index in [1.54, 1.807) is 0 Å². The number of pyridine rings is 1. The van der Waals surface area contributed by atoms with Crippen molar-refractivity contribution in [3.8, 4) is 0 Å². The van der Waals surface area contributed by atoms with Gasteiger partial charge in [-0.3, -0.25) is 4.98 Å². The topological polar surface area (TPSA) is 33.1 Å². The van der Waals surface area contributed by atoms with E-state index in [0.717, 1.165) is 11.4 Å². The molecule has 6 heteroatoms. The fourth-order valence-corrected chi connectivity index (χ4v) is 3.94. The van der Waals surface area contributed by atoms with E-state index >= 15 is 0 Å². The Morgan fingerprint density at radius 2 is 1.85 bits per heavy atom. The Hall–Kier alpha value is -2.37. The first-order chi connectivity index (χ1) is 12.6. The zero-order valence-electron chi connectivity index (χ0n) is 14.6. The number of hydrogen-bond donors (Lipinski definition) is 1. The first-order valence-electron chi connectivity index (χ1n) is 8.44. The van der Waals surface area contributed by atoms with E-state index in [-0.39, 0.29) is 12.1 Å². The van der Waals surface area contributed by atoms with Gasteiger partial charge in [-0.25, -0.2) is 0 Å². The molecular formula is C20H19ClN4S. The summed E-state index contributed by atoms with van der Waals surface area (Å²) in [5.41, 5.74) is 4.36. The van der Waals surface area contributed by atoms with E-state index < -0.39 is 0 Å². The van der Waals surface area contributed by atoms with Gasteiger partial charge in [-0.05, 0) is 67.7 Å². The van der Waals surface area contributed by atoms with Crippen LogP contribution in [0.4, 0.5) is 5.69 Å². The molecule has 1 N–H and O–H groups in total. The number of aryl methyl sites for hydroxylation is 1. The average molecular weight is 383 g/mol. The Balaban J connectivity index is 1.85. The molecule has 0 aliphatic carbocycles. The maximum atomic E-state index is 6.08. The minimum absolute atomic E-state index is 0.00252. The highest BCUT2D eigenvalue weighted by Gasteiger charge is 2.41. The summed E-state index contributed by atoms with van der Waals surface area (Å²) >= 11 is 11.8. The quantitative estimate of drug-likeness (QED) is 0.673. The first-order valence-corrected chi connectivity index (χ1v) is 9.23. The zero-order valence-corrected chi connectivity index (χ0v) is 16.1. The van der Waals surface area contributed by atoms with Gasteiger partial charge in [0.1, 0.15) is 6.04 Å². The van der Waals surface area contributed by atoms with Crippen LogP contribution in [0.15, 0.2) is 60.8 Å². The van der Waals surface area contributed by atoms with Gasteiger partial charge >= 0.3 is 0 Å². The van der Waals surface area contributed by atoms with E-state index in [4.69, 9.17) is 23.8 Å². The Kier molecular flexibility index (Phi) is 4.42. The number of halogens is 1. The molecule has 3 aromatic rings. The largest absolute Gasteiger partial charge is 0.351 e. The standard InChI is InChI=1S/C20H19ClN4S/c1-13-6-11-17(24(13)2)19-18(16-5-3-4-12-22-16)23-20(26)25(19)15-9-7-14(21)8-10-15/h3-12,18-19H,1-2H3,(H,23,26)/t18-,19-/m1/s1. The molecule has 0 bridgehead atoms. The summed E-state index contributed by atoms with van der Waals surface area (Å²) < 4.78 is 2.21. The highest BCUT2D eigenvalue weighted by Crippen LogP contribution is 2.41. The molecule has 1 aliphatic rings. The molecule has 0 unspecified atom stereocenters. The van der Waals surface area contributed by atoms with Crippen LogP contribution in [0, 0.1) is 6.92 Å². The van der Waals surface area contributed by atoms with Gasteiger partial charge in [0, 0.05) is 35.3 Å². The summed E-state index contributed by atoms with van der Waals surface area (Å²) in [6.45, 7) is 2.10. The fourth-order valence-electron chi connectivity index (χ4n) is 3.47. The molecule has 1 fully saturated rings. The number of anilines is 1. The van der Waals surface area contributed by atoms with E-state index in [1.165, 1.54) is 11.4 Å². The lowest BCUT2D eigenvalue weighted by Crippen LogP contribution is -2.30. The minimum atomic E-state index is -0.0348. The molecule has 0 spiro atoms. The van der Waals surface area contributed by atoms with Crippen LogP contribution in [0.1, 0.15) is 29.2 Å². The molecular weight excluding hydrogens is 364 g/mol. The second-order valence-electron chi connectivity index (χ2n) is 6.43. The first kappa shape index (κ1) is 17.1. The Morgan fingerprint density at radius 1 is 1.08 bits per heavy atom. The molecule has 26 heavy (non-hydrogen) atoms. The Bertz CT molecular complexity index is 936. The van der Waals surface area contributed by atoms with Crippen molar-refractivity contribution < 1.29 is 0 Å². The van der Waals surface area contributed by atoms with Crippen molar-refractivity contribution in [2.75, 3.05) is 4.90 Å². The predicted octanol–water partition coefficient (Wildman–Crippen LogP) is 4.56. The van der Waals surface area contributed by atoms with E-state index in [0.29, 0.717) is 10.1 Å². The molecule has 4 rings (SSSR count). The number of nitrogens with one attached hydrogen (secondary N) is 1. The maximum Gasteiger partial charge on any atom is 0.174 e. The van der Waals surface area contributed by atoms with Gasteiger partial charge in [0.15, 0.2) is 5.11 Å². The van der Waals surface area contributed by atoms with Gasteiger partial charge < -0.3 is 14.8 Å². The van der Waals surface area contributed by atoms with Crippen LogP contribution >= 0.6 is 23.8 Å². The second kappa shape index (κ2) is 6.74. The van der Waals surface area contributed by atoms with Gasteiger partial charge in [-0.1, -0.05) is 17.7 Å². The van der Waals surface area contributed by atoms with Crippen molar-refractivity contribution >= 4 is 34.6 Å². The molecule has 2 aromatic heterocycles. The van der Waals surface area contributed by atoms with Crippen molar-refractivity contribution in [3.05, 3.63) is 82.9 Å². The lowest BCUT2D eigenvalue weighted by atomic mass is 10.0. The molecule has 2 atom stereocenters. The van der Waals surface area contributed by atoms with E-state index in [9.17, 15) is 0 Å². The number of hydrogen-bond acceptors (Lipinski definition) is 2. The third-order valence-corrected chi connectivity index (χ3v) is 5.48. The van der Waals surface area contributed by atoms with E-state index in [1.807, 2.05) is 48.7 Å². The number of nitrogens with zero attached hydrogens (tertiary/aromatic N) is 3. The fraction of sp³-hybridized carbons (Fsp3) is 0.200. The van der Waals surface area contributed by atoms with Crippen LogP contribution in [-0.2, 0) is 7.05 Å². The molecule has 132 valence electrons. The Morgan fingerprint density at radius 3 is 2.46 bits per heavy atom. The van der Waals surface area contributed by atoms with Crippen LogP contribution in [0.25, 0.3) is 0 Å². The highest BCUT2D eigenvalue weighted by molar-refractivity contribution is 7.80. The number of aromatic nitrogens is 2. The van der Waals surface area contributed by atoms with Crippen LogP contribution in [0.5, 0.6) is 0 Å². The smallest absolute Gasteiger partial charge is 0.174 e. The average Bonchev–Trinajstić information content (AvgIpc) is 3.16. The summed E-state index contributed by atoms with van der Waals surface area (Å²) in [4.78, 5) is 6.72. The molecule has 3 heterocycles. The maximum absolute atomic E-state index is 6.08. The van der Waals surface area contributed by atoms with Crippen LogP contribution in [0.3, 0.4) is 0 Å². The summed E-state index contributed by atoms with van der Waals surface area (Å²) in [6.07, 6.45) is 1.82. The van der Waals surface area contributed by atoms with E-state index in [2.05, 4.69) is 45.9 Å². The van der Waals surface area contributed by atoms with Gasteiger partial charge in [-0.15, -0.1) is 0 Å². The number of benzene rings is 1. The molecule has 1 aromatic carbocycles. The van der Waals surface area contributed by atoms with Crippen LogP contribution in [-0.4, -0.2) is 14.7 Å². The number of thiocarbonyl (C=S) groups is 1. The van der Waals surface area contributed by atoms with Crippen LogP contribution in [0.2, 0.25) is 5.02 Å². The van der Waals surface area contributed by atoms with Gasteiger partial charge in [0.2, 0.25) is 0 Å². The lowest BCUT2D eigenvalue weighted by Gasteiger charge is -2.28. The molecule has 0 amide bonds. The molecule has 0 saturated carbocycles. The molecule has 1 saturated heterocycles. The molecule has 4 nitrogen and oxygen atoms in total. The monoisotopic (exact) mass is 382 g/mol. The second-order valence-corrected chi connectivity index (χ2v) is 7.25. The minimum Gasteiger partial charge on any atom is -0.351 e. The van der Waals surface area contributed by atoms with Crippen molar-refractivity contribution in [3.63, 3.8) is 0 Å². The third-order valence-electron chi connectivity index (χ3n) is 4.92. The van der Waals surface area contributed by atoms with Gasteiger partial charge in [0.05, 0.1) is 11.7 Å².